The molecule has 0 atom stereocenters. The second-order valence-electron chi connectivity index (χ2n) is 7.09. The van der Waals surface area contributed by atoms with Gasteiger partial charge in [0.15, 0.2) is 5.96 Å². The summed E-state index contributed by atoms with van der Waals surface area (Å²) < 4.78 is 2.06. The maximum absolute atomic E-state index is 4.28. The number of rotatable bonds is 6. The van der Waals surface area contributed by atoms with Gasteiger partial charge in [-0.25, -0.2) is 0 Å². The summed E-state index contributed by atoms with van der Waals surface area (Å²) in [6.07, 6.45) is 2.66. The van der Waals surface area contributed by atoms with Crippen molar-refractivity contribution in [3.63, 3.8) is 0 Å². The summed E-state index contributed by atoms with van der Waals surface area (Å²) in [6, 6.07) is 8.74. The van der Waals surface area contributed by atoms with Crippen LogP contribution in [0.15, 0.2) is 35.6 Å². The highest BCUT2D eigenvalue weighted by Gasteiger charge is 2.12. The number of aromatic nitrogens is 3. The molecule has 1 aromatic carbocycles. The van der Waals surface area contributed by atoms with Gasteiger partial charge >= 0.3 is 0 Å². The summed E-state index contributed by atoms with van der Waals surface area (Å²) in [6.45, 7) is 11.1. The molecule has 144 valence electrons. The van der Waals surface area contributed by atoms with Crippen LogP contribution in [0.25, 0.3) is 0 Å². The quantitative estimate of drug-likeness (QED) is 0.387. The Hall–Kier alpha value is -1.64. The van der Waals surface area contributed by atoms with Crippen molar-refractivity contribution in [1.29, 1.82) is 0 Å². The first-order valence-corrected chi connectivity index (χ1v) is 8.84. The molecule has 1 heterocycles. The molecule has 6 nitrogen and oxygen atoms in total. The predicted octanol–water partition coefficient (Wildman–Crippen LogP) is 3.12. The molecule has 0 saturated heterocycles. The molecule has 0 unspecified atom stereocenters. The van der Waals surface area contributed by atoms with Gasteiger partial charge < -0.3 is 15.2 Å². The van der Waals surface area contributed by atoms with E-state index < -0.39 is 0 Å². The third-order valence-electron chi connectivity index (χ3n) is 4.16. The van der Waals surface area contributed by atoms with E-state index in [2.05, 4.69) is 82.4 Å². The van der Waals surface area contributed by atoms with Crippen molar-refractivity contribution < 1.29 is 0 Å². The van der Waals surface area contributed by atoms with Gasteiger partial charge in [-0.1, -0.05) is 52.0 Å². The first-order chi connectivity index (χ1) is 11.9. The molecule has 0 amide bonds. The molecule has 7 heteroatoms. The molecule has 1 aromatic heterocycles. The second-order valence-corrected chi connectivity index (χ2v) is 7.09. The Kier molecular flexibility index (Phi) is 9.04. The average molecular weight is 470 g/mol. The van der Waals surface area contributed by atoms with Crippen molar-refractivity contribution in [2.24, 2.45) is 4.99 Å². The fourth-order valence-electron chi connectivity index (χ4n) is 2.56. The maximum atomic E-state index is 4.28. The van der Waals surface area contributed by atoms with E-state index in [1.807, 2.05) is 0 Å². The highest BCUT2D eigenvalue weighted by Crippen LogP contribution is 2.22. The van der Waals surface area contributed by atoms with Crippen molar-refractivity contribution >= 4 is 29.9 Å². The molecule has 0 radical (unpaired) electrons. The van der Waals surface area contributed by atoms with Gasteiger partial charge in [0.2, 0.25) is 0 Å². The van der Waals surface area contributed by atoms with E-state index in [0.29, 0.717) is 0 Å². The number of hydrogen-bond acceptors (Lipinski definition) is 3. The summed E-state index contributed by atoms with van der Waals surface area (Å²) in [5, 5.41) is 14.7. The molecule has 2 aromatic rings. The summed E-state index contributed by atoms with van der Waals surface area (Å²) in [7, 11) is 1.79. The highest BCUT2D eigenvalue weighted by atomic mass is 127. The van der Waals surface area contributed by atoms with Crippen LogP contribution in [-0.2, 0) is 24.9 Å². The van der Waals surface area contributed by atoms with Gasteiger partial charge in [-0.3, -0.25) is 4.99 Å². The van der Waals surface area contributed by atoms with Crippen LogP contribution >= 0.6 is 24.0 Å². The molecular formula is C19H31IN6. The summed E-state index contributed by atoms with van der Waals surface area (Å²) >= 11 is 0. The van der Waals surface area contributed by atoms with Crippen LogP contribution < -0.4 is 10.6 Å². The van der Waals surface area contributed by atoms with Crippen LogP contribution in [0.3, 0.4) is 0 Å². The number of aryl methyl sites for hydroxylation is 1. The monoisotopic (exact) mass is 470 g/mol. The minimum atomic E-state index is 0. The number of nitrogens with one attached hydrogen (secondary N) is 2. The predicted molar refractivity (Wildman–Crippen MR) is 118 cm³/mol. The maximum Gasteiger partial charge on any atom is 0.191 e. The third-order valence-corrected chi connectivity index (χ3v) is 4.16. The first-order valence-electron chi connectivity index (χ1n) is 8.84. The summed E-state index contributed by atoms with van der Waals surface area (Å²) in [4.78, 5) is 4.28. The number of hydrogen-bond donors (Lipinski definition) is 2. The average Bonchev–Trinajstić information content (AvgIpc) is 3.05. The fourth-order valence-corrected chi connectivity index (χ4v) is 2.56. The lowest BCUT2D eigenvalue weighted by Gasteiger charge is -2.19. The molecule has 0 spiro atoms. The van der Waals surface area contributed by atoms with E-state index in [1.165, 1.54) is 11.1 Å². The summed E-state index contributed by atoms with van der Waals surface area (Å²) in [5.41, 5.74) is 2.77. The van der Waals surface area contributed by atoms with Gasteiger partial charge in [-0.15, -0.1) is 34.2 Å². The van der Waals surface area contributed by atoms with Crippen LogP contribution in [0.5, 0.6) is 0 Å². The Balaban J connectivity index is 0.00000338. The molecule has 0 aliphatic rings. The number of aliphatic imine (C=N–C) groups is 1. The van der Waals surface area contributed by atoms with Crippen molar-refractivity contribution in [1.82, 2.24) is 25.4 Å². The second kappa shape index (κ2) is 10.5. The van der Waals surface area contributed by atoms with E-state index in [-0.39, 0.29) is 29.4 Å². The van der Waals surface area contributed by atoms with Crippen LogP contribution in [0, 0.1) is 0 Å². The Morgan fingerprint density at radius 2 is 1.85 bits per heavy atom. The SMILES string of the molecule is CCc1nncn1CCNC(=NC)NCc1ccc(C(C)(C)C)cc1.I. The van der Waals surface area contributed by atoms with Crippen LogP contribution in [0.4, 0.5) is 0 Å². The zero-order chi connectivity index (χ0) is 18.3. The van der Waals surface area contributed by atoms with E-state index in [1.54, 1.807) is 13.4 Å². The lowest BCUT2D eigenvalue weighted by atomic mass is 9.87. The van der Waals surface area contributed by atoms with Crippen molar-refractivity contribution in [3.8, 4) is 0 Å². The summed E-state index contributed by atoms with van der Waals surface area (Å²) in [5.74, 6) is 1.80. The Bertz CT molecular complexity index is 685. The molecule has 0 saturated carbocycles. The third kappa shape index (κ3) is 6.59. The largest absolute Gasteiger partial charge is 0.355 e. The number of guanidine groups is 1. The molecule has 26 heavy (non-hydrogen) atoms. The molecule has 2 N–H and O–H groups in total. The van der Waals surface area contributed by atoms with Gasteiger partial charge in [0.05, 0.1) is 0 Å². The van der Waals surface area contributed by atoms with Crippen LogP contribution in [-0.4, -0.2) is 34.3 Å². The zero-order valence-electron chi connectivity index (χ0n) is 16.4. The van der Waals surface area contributed by atoms with E-state index in [4.69, 9.17) is 0 Å². The molecule has 2 rings (SSSR count). The smallest absolute Gasteiger partial charge is 0.191 e. The van der Waals surface area contributed by atoms with Gasteiger partial charge in [-0.05, 0) is 16.5 Å². The highest BCUT2D eigenvalue weighted by molar-refractivity contribution is 14.0. The fraction of sp³-hybridized carbons (Fsp3) is 0.526. The molecule has 0 aliphatic carbocycles. The topological polar surface area (TPSA) is 67.1 Å². The Morgan fingerprint density at radius 1 is 1.15 bits per heavy atom. The zero-order valence-corrected chi connectivity index (χ0v) is 18.7. The van der Waals surface area contributed by atoms with Crippen LogP contribution in [0.2, 0.25) is 0 Å². The van der Waals surface area contributed by atoms with Crippen LogP contribution in [0.1, 0.15) is 44.6 Å². The minimum absolute atomic E-state index is 0. The molecule has 0 bridgehead atoms. The lowest BCUT2D eigenvalue weighted by Crippen LogP contribution is -2.38. The van der Waals surface area contributed by atoms with E-state index >= 15 is 0 Å². The van der Waals surface area contributed by atoms with Crippen molar-refractivity contribution in [3.05, 3.63) is 47.5 Å². The van der Waals surface area contributed by atoms with E-state index in [0.717, 1.165) is 37.8 Å². The number of nitrogens with zero attached hydrogens (tertiary/aromatic N) is 4. The number of halogens is 1. The first kappa shape index (κ1) is 22.4. The van der Waals surface area contributed by atoms with Gasteiger partial charge in [-0.2, -0.15) is 0 Å². The van der Waals surface area contributed by atoms with Gasteiger partial charge in [0.1, 0.15) is 12.2 Å². The number of benzene rings is 1. The Labute approximate surface area is 173 Å². The van der Waals surface area contributed by atoms with Crippen molar-refractivity contribution in [2.75, 3.05) is 13.6 Å². The van der Waals surface area contributed by atoms with Gasteiger partial charge in [0, 0.05) is 33.1 Å². The lowest BCUT2D eigenvalue weighted by molar-refractivity contribution is 0.590. The van der Waals surface area contributed by atoms with E-state index in [9.17, 15) is 0 Å². The molecule has 0 fully saturated rings. The van der Waals surface area contributed by atoms with Crippen molar-refractivity contribution in [2.45, 2.75) is 52.6 Å². The standard InChI is InChI=1S/C19H30N6.HI/c1-6-17-24-23-14-25(17)12-11-21-18(20-5)22-13-15-7-9-16(10-8-15)19(2,3)4;/h7-10,14H,6,11-13H2,1-5H3,(H2,20,21,22);1H. The normalized spacial score (nSPS) is 11.8. The molecular weight excluding hydrogens is 439 g/mol. The molecule has 0 aliphatic heterocycles. The minimum Gasteiger partial charge on any atom is -0.355 e. The van der Waals surface area contributed by atoms with Gasteiger partial charge in [0.25, 0.3) is 0 Å². The Morgan fingerprint density at radius 3 is 2.42 bits per heavy atom.